The van der Waals surface area contributed by atoms with Gasteiger partial charge in [0.1, 0.15) is 0 Å². The normalized spacial score (nSPS) is 13.2. The molecular formula is C19H24N4OS. The molecule has 1 aromatic carbocycles. The second kappa shape index (κ2) is 6.67. The highest BCUT2D eigenvalue weighted by Crippen LogP contribution is 2.35. The highest BCUT2D eigenvalue weighted by molar-refractivity contribution is 7.99. The monoisotopic (exact) mass is 356 g/mol. The van der Waals surface area contributed by atoms with Crippen molar-refractivity contribution in [2.24, 2.45) is 0 Å². The fourth-order valence-electron chi connectivity index (χ4n) is 2.47. The minimum atomic E-state index is -0.122. The zero-order valence-corrected chi connectivity index (χ0v) is 16.4. The van der Waals surface area contributed by atoms with Crippen LogP contribution in [0.3, 0.4) is 0 Å². The van der Waals surface area contributed by atoms with Gasteiger partial charge in [0.15, 0.2) is 11.0 Å². The van der Waals surface area contributed by atoms with Gasteiger partial charge in [-0.15, -0.1) is 0 Å². The molecule has 3 rings (SSSR count). The van der Waals surface area contributed by atoms with Crippen molar-refractivity contribution in [2.75, 3.05) is 0 Å². The average molecular weight is 356 g/mol. The van der Waals surface area contributed by atoms with E-state index in [1.165, 1.54) is 11.1 Å². The largest absolute Gasteiger partial charge is 0.338 e. The number of benzene rings is 1. The van der Waals surface area contributed by atoms with Crippen LogP contribution in [-0.4, -0.2) is 19.7 Å². The number of aryl methyl sites for hydroxylation is 1. The Labute approximate surface area is 152 Å². The van der Waals surface area contributed by atoms with Crippen LogP contribution in [0.4, 0.5) is 0 Å². The molecule has 5 nitrogen and oxygen atoms in total. The summed E-state index contributed by atoms with van der Waals surface area (Å²) in [5, 5.41) is 5.05. The first-order valence-electron chi connectivity index (χ1n) is 8.38. The summed E-state index contributed by atoms with van der Waals surface area (Å²) < 4.78 is 7.59. The van der Waals surface area contributed by atoms with Crippen LogP contribution in [0.15, 0.2) is 40.3 Å². The molecule has 6 heteroatoms. The summed E-state index contributed by atoms with van der Waals surface area (Å²) in [6.45, 7) is 12.5. The maximum Gasteiger partial charge on any atom is 0.239 e. The van der Waals surface area contributed by atoms with Gasteiger partial charge in [-0.25, -0.2) is 4.98 Å². The van der Waals surface area contributed by atoms with E-state index in [9.17, 15) is 0 Å². The molecule has 0 saturated carbocycles. The van der Waals surface area contributed by atoms with E-state index in [1.54, 1.807) is 11.8 Å². The van der Waals surface area contributed by atoms with Gasteiger partial charge in [0.25, 0.3) is 0 Å². The van der Waals surface area contributed by atoms with E-state index in [0.717, 1.165) is 16.7 Å². The molecule has 0 N–H and O–H groups in total. The molecule has 0 spiro atoms. The van der Waals surface area contributed by atoms with Gasteiger partial charge in [0.2, 0.25) is 5.89 Å². The van der Waals surface area contributed by atoms with E-state index in [4.69, 9.17) is 4.52 Å². The predicted octanol–water partition coefficient (Wildman–Crippen LogP) is 5.02. The smallest absolute Gasteiger partial charge is 0.239 e. The average Bonchev–Trinajstić information content (AvgIpc) is 3.19. The number of nitrogens with zero attached hydrogens (tertiary/aromatic N) is 4. The Morgan fingerprint density at radius 2 is 1.96 bits per heavy atom. The maximum atomic E-state index is 5.47. The Kier molecular flexibility index (Phi) is 4.73. The van der Waals surface area contributed by atoms with Crippen molar-refractivity contribution in [3.63, 3.8) is 0 Å². The Hall–Kier alpha value is -2.08. The lowest BCUT2D eigenvalue weighted by molar-refractivity contribution is 0.364. The van der Waals surface area contributed by atoms with Crippen molar-refractivity contribution in [3.05, 3.63) is 53.4 Å². The topological polar surface area (TPSA) is 56.7 Å². The van der Waals surface area contributed by atoms with Crippen molar-refractivity contribution in [1.82, 2.24) is 19.7 Å². The van der Waals surface area contributed by atoms with Crippen molar-refractivity contribution in [1.29, 1.82) is 0 Å². The summed E-state index contributed by atoms with van der Waals surface area (Å²) in [5.74, 6) is 1.36. The predicted molar refractivity (Wildman–Crippen MR) is 100 cm³/mol. The van der Waals surface area contributed by atoms with E-state index in [-0.39, 0.29) is 10.7 Å². The third kappa shape index (κ3) is 3.63. The first-order chi connectivity index (χ1) is 11.8. The lowest BCUT2D eigenvalue weighted by Crippen LogP contribution is -2.13. The van der Waals surface area contributed by atoms with E-state index >= 15 is 0 Å². The molecule has 0 aliphatic carbocycles. The first-order valence-corrected chi connectivity index (χ1v) is 9.26. The van der Waals surface area contributed by atoms with Gasteiger partial charge in [-0.3, -0.25) is 4.57 Å². The third-order valence-electron chi connectivity index (χ3n) is 4.18. The van der Waals surface area contributed by atoms with Gasteiger partial charge in [-0.1, -0.05) is 49.8 Å². The van der Waals surface area contributed by atoms with E-state index in [0.29, 0.717) is 5.89 Å². The molecule has 1 atom stereocenters. The van der Waals surface area contributed by atoms with Crippen molar-refractivity contribution in [2.45, 2.75) is 57.4 Å². The molecule has 0 bridgehead atoms. The van der Waals surface area contributed by atoms with Gasteiger partial charge in [-0.2, -0.15) is 4.98 Å². The summed E-state index contributed by atoms with van der Waals surface area (Å²) in [6, 6.07) is 6.31. The Bertz CT molecular complexity index is 876. The quantitative estimate of drug-likeness (QED) is 0.614. The Morgan fingerprint density at radius 3 is 2.64 bits per heavy atom. The molecule has 0 amide bonds. The number of hydrogen-bond donors (Lipinski definition) is 0. The lowest BCUT2D eigenvalue weighted by Gasteiger charge is -2.13. The number of thioether (sulfide) groups is 1. The summed E-state index contributed by atoms with van der Waals surface area (Å²) in [4.78, 5) is 9.08. The Balaban J connectivity index is 1.86. The van der Waals surface area contributed by atoms with Crippen LogP contribution in [0.2, 0.25) is 0 Å². The van der Waals surface area contributed by atoms with Gasteiger partial charge in [-0.05, 0) is 38.0 Å². The molecule has 25 heavy (non-hydrogen) atoms. The van der Waals surface area contributed by atoms with Crippen LogP contribution in [-0.2, 0) is 5.41 Å². The number of imidazole rings is 1. The molecular weight excluding hydrogens is 332 g/mol. The van der Waals surface area contributed by atoms with E-state index in [1.807, 2.05) is 12.4 Å². The standard InChI is InChI=1S/C19H24N4OS/c1-12-8-7-9-15(13(12)2)23-11-10-20-18(23)25-14(3)16-21-17(22-24-16)19(4,5)6/h7-11,14H,1-6H3. The lowest BCUT2D eigenvalue weighted by atomic mass is 9.96. The van der Waals surface area contributed by atoms with Gasteiger partial charge in [0.05, 0.1) is 10.9 Å². The number of hydrogen-bond acceptors (Lipinski definition) is 5. The van der Waals surface area contributed by atoms with Crippen molar-refractivity contribution >= 4 is 11.8 Å². The summed E-state index contributed by atoms with van der Waals surface area (Å²) in [6.07, 6.45) is 3.82. The van der Waals surface area contributed by atoms with Crippen LogP contribution in [0.1, 0.15) is 55.8 Å². The van der Waals surface area contributed by atoms with Crippen LogP contribution in [0.25, 0.3) is 5.69 Å². The summed E-state index contributed by atoms with van der Waals surface area (Å²) in [5.41, 5.74) is 3.54. The minimum Gasteiger partial charge on any atom is -0.338 e. The van der Waals surface area contributed by atoms with Gasteiger partial charge < -0.3 is 4.52 Å². The van der Waals surface area contributed by atoms with Crippen LogP contribution in [0, 0.1) is 13.8 Å². The molecule has 2 heterocycles. The maximum absolute atomic E-state index is 5.47. The fourth-order valence-corrected chi connectivity index (χ4v) is 3.38. The molecule has 0 aliphatic heterocycles. The van der Waals surface area contributed by atoms with Gasteiger partial charge in [0, 0.05) is 17.8 Å². The molecule has 0 aliphatic rings. The second-order valence-electron chi connectivity index (χ2n) is 7.27. The van der Waals surface area contributed by atoms with Crippen LogP contribution >= 0.6 is 11.8 Å². The fraction of sp³-hybridized carbons (Fsp3) is 0.421. The third-order valence-corrected chi connectivity index (χ3v) is 5.25. The zero-order valence-electron chi connectivity index (χ0n) is 15.6. The minimum absolute atomic E-state index is 0.0230. The first kappa shape index (κ1) is 17.7. The van der Waals surface area contributed by atoms with Gasteiger partial charge >= 0.3 is 0 Å². The van der Waals surface area contributed by atoms with E-state index in [2.05, 4.69) is 79.4 Å². The molecule has 1 unspecified atom stereocenters. The Morgan fingerprint density at radius 1 is 1.20 bits per heavy atom. The summed E-state index contributed by atoms with van der Waals surface area (Å²) >= 11 is 1.62. The zero-order chi connectivity index (χ0) is 18.2. The van der Waals surface area contributed by atoms with Crippen molar-refractivity contribution < 1.29 is 4.52 Å². The molecule has 0 saturated heterocycles. The van der Waals surface area contributed by atoms with Crippen molar-refractivity contribution in [3.8, 4) is 5.69 Å². The highest BCUT2D eigenvalue weighted by atomic mass is 32.2. The molecule has 0 fully saturated rings. The molecule has 132 valence electrons. The van der Waals surface area contributed by atoms with E-state index < -0.39 is 0 Å². The van der Waals surface area contributed by atoms with Crippen LogP contribution in [0.5, 0.6) is 0 Å². The SMILES string of the molecule is Cc1cccc(-n2ccnc2SC(C)c2nc(C(C)(C)C)no2)c1C. The molecule has 2 aromatic heterocycles. The number of aromatic nitrogens is 4. The second-order valence-corrected chi connectivity index (χ2v) is 8.57. The molecule has 0 radical (unpaired) electrons. The summed E-state index contributed by atoms with van der Waals surface area (Å²) in [7, 11) is 0. The van der Waals surface area contributed by atoms with Crippen LogP contribution < -0.4 is 0 Å². The molecule has 3 aromatic rings. The number of rotatable bonds is 4. The highest BCUT2D eigenvalue weighted by Gasteiger charge is 2.24.